The minimum Gasteiger partial charge on any atom is -0.507 e. The van der Waals surface area contributed by atoms with Crippen LogP contribution in [0.15, 0.2) is 78.6 Å². The van der Waals surface area contributed by atoms with E-state index in [0.717, 1.165) is 12.0 Å². The van der Waals surface area contributed by atoms with Gasteiger partial charge in [-0.3, -0.25) is 19.5 Å². The number of amides is 1. The van der Waals surface area contributed by atoms with E-state index in [-0.39, 0.29) is 11.3 Å². The lowest BCUT2D eigenvalue weighted by atomic mass is 9.95. The lowest BCUT2D eigenvalue weighted by Crippen LogP contribution is -2.29. The number of rotatable bonds is 6. The van der Waals surface area contributed by atoms with Crippen LogP contribution >= 0.6 is 0 Å². The quantitative estimate of drug-likeness (QED) is 0.346. The molecule has 1 N–H and O–H groups in total. The van der Waals surface area contributed by atoms with Crippen molar-refractivity contribution in [2.75, 3.05) is 11.5 Å². The topological polar surface area (TPSA) is 79.7 Å². The summed E-state index contributed by atoms with van der Waals surface area (Å²) >= 11 is 0. The molecule has 1 unspecified atom stereocenters. The molecule has 6 heteroatoms. The third-order valence-electron chi connectivity index (χ3n) is 5.38. The number of hydrogen-bond acceptors (Lipinski definition) is 5. The summed E-state index contributed by atoms with van der Waals surface area (Å²) in [6.45, 7) is 4.56. The zero-order valence-corrected chi connectivity index (χ0v) is 18.0. The number of nitrogens with zero attached hydrogens (tertiary/aromatic N) is 2. The third-order valence-corrected chi connectivity index (χ3v) is 5.38. The van der Waals surface area contributed by atoms with Gasteiger partial charge in [0, 0.05) is 23.6 Å². The van der Waals surface area contributed by atoms with Crippen LogP contribution in [0.3, 0.4) is 0 Å². The van der Waals surface area contributed by atoms with Gasteiger partial charge in [0.2, 0.25) is 0 Å². The number of carbonyl (C=O) groups is 2. The predicted octanol–water partition coefficient (Wildman–Crippen LogP) is 4.81. The van der Waals surface area contributed by atoms with Gasteiger partial charge in [0.25, 0.3) is 11.7 Å². The normalized spacial score (nSPS) is 17.6. The summed E-state index contributed by atoms with van der Waals surface area (Å²) in [6, 6.07) is 16.9. The van der Waals surface area contributed by atoms with E-state index in [0.29, 0.717) is 29.2 Å². The van der Waals surface area contributed by atoms with Gasteiger partial charge in [0.15, 0.2) is 0 Å². The number of aromatic nitrogens is 1. The Labute approximate surface area is 186 Å². The summed E-state index contributed by atoms with van der Waals surface area (Å²) in [5.74, 6) is -0.952. The Morgan fingerprint density at radius 3 is 2.28 bits per heavy atom. The van der Waals surface area contributed by atoms with Gasteiger partial charge >= 0.3 is 0 Å². The summed E-state index contributed by atoms with van der Waals surface area (Å²) in [4.78, 5) is 31.7. The Bertz CT molecular complexity index is 1150. The van der Waals surface area contributed by atoms with Gasteiger partial charge in [-0.25, -0.2) is 0 Å². The van der Waals surface area contributed by atoms with E-state index < -0.39 is 17.7 Å². The Balaban J connectivity index is 1.82. The van der Waals surface area contributed by atoms with Crippen molar-refractivity contribution in [2.45, 2.75) is 26.3 Å². The molecular weight excluding hydrogens is 404 g/mol. The number of Topliss-reactive ketones (excluding diaryl/α,β-unsaturated/α-hetero) is 1. The summed E-state index contributed by atoms with van der Waals surface area (Å²) in [5.41, 5.74) is 2.79. The second kappa shape index (κ2) is 9.06. The molecule has 1 amide bonds. The van der Waals surface area contributed by atoms with E-state index in [1.54, 1.807) is 60.9 Å². The highest BCUT2D eigenvalue weighted by atomic mass is 16.5. The fraction of sp³-hybridized carbons (Fsp3) is 0.192. The third kappa shape index (κ3) is 3.99. The van der Waals surface area contributed by atoms with Crippen molar-refractivity contribution in [1.82, 2.24) is 4.98 Å². The summed E-state index contributed by atoms with van der Waals surface area (Å²) in [5, 5.41) is 11.1. The van der Waals surface area contributed by atoms with Crippen molar-refractivity contribution >= 4 is 23.1 Å². The van der Waals surface area contributed by atoms with E-state index >= 15 is 0 Å². The first-order valence-corrected chi connectivity index (χ1v) is 10.5. The summed E-state index contributed by atoms with van der Waals surface area (Å²) in [6.07, 6.45) is 4.09. The number of hydrogen-bond donors (Lipinski definition) is 1. The van der Waals surface area contributed by atoms with Gasteiger partial charge < -0.3 is 9.84 Å². The standard InChI is InChI=1S/C26H24N2O4/c1-3-16-32-21-10-6-19(7-11-21)24(29)22-23(18-12-14-27-15-13-18)28(26(31)25(22)30)20-8-4-17(2)5-9-20/h4-15,23,29H,3,16H2,1-2H3/b24-22-. The zero-order valence-electron chi connectivity index (χ0n) is 18.0. The van der Waals surface area contributed by atoms with Crippen LogP contribution in [0.1, 0.15) is 36.1 Å². The Hall–Kier alpha value is -3.93. The number of carbonyl (C=O) groups excluding carboxylic acids is 2. The number of ketones is 1. The van der Waals surface area contributed by atoms with Crippen molar-refractivity contribution in [2.24, 2.45) is 0 Å². The van der Waals surface area contributed by atoms with Gasteiger partial charge in [-0.05, 0) is 67.4 Å². The number of anilines is 1. The van der Waals surface area contributed by atoms with E-state index in [4.69, 9.17) is 4.74 Å². The average Bonchev–Trinajstić information content (AvgIpc) is 3.09. The number of ether oxygens (including phenoxy) is 1. The molecule has 0 spiro atoms. The lowest BCUT2D eigenvalue weighted by Gasteiger charge is -2.25. The van der Waals surface area contributed by atoms with Crippen molar-refractivity contribution in [3.63, 3.8) is 0 Å². The first-order valence-electron chi connectivity index (χ1n) is 10.5. The first kappa shape index (κ1) is 21.3. The molecule has 0 saturated carbocycles. The molecule has 32 heavy (non-hydrogen) atoms. The van der Waals surface area contributed by atoms with E-state index in [1.807, 2.05) is 26.0 Å². The molecule has 4 rings (SSSR count). The van der Waals surface area contributed by atoms with Gasteiger partial charge in [-0.1, -0.05) is 24.6 Å². The summed E-state index contributed by atoms with van der Waals surface area (Å²) in [7, 11) is 0. The number of aliphatic hydroxyl groups excluding tert-OH is 1. The predicted molar refractivity (Wildman–Crippen MR) is 122 cm³/mol. The van der Waals surface area contributed by atoms with Crippen LogP contribution in [0.5, 0.6) is 5.75 Å². The minimum atomic E-state index is -0.767. The fourth-order valence-electron chi connectivity index (χ4n) is 3.75. The van der Waals surface area contributed by atoms with E-state index in [1.165, 1.54) is 4.90 Å². The Morgan fingerprint density at radius 2 is 1.66 bits per heavy atom. The molecule has 0 aliphatic carbocycles. The van der Waals surface area contributed by atoms with Crippen LogP contribution in [0.4, 0.5) is 5.69 Å². The largest absolute Gasteiger partial charge is 0.507 e. The molecule has 2 aromatic carbocycles. The molecule has 1 aliphatic rings. The van der Waals surface area contributed by atoms with Gasteiger partial charge in [-0.2, -0.15) is 0 Å². The molecule has 3 aromatic rings. The maximum absolute atomic E-state index is 13.1. The monoisotopic (exact) mass is 428 g/mol. The van der Waals surface area contributed by atoms with Crippen molar-refractivity contribution in [3.8, 4) is 5.75 Å². The van der Waals surface area contributed by atoms with E-state index in [2.05, 4.69) is 4.98 Å². The highest BCUT2D eigenvalue weighted by Gasteiger charge is 2.46. The highest BCUT2D eigenvalue weighted by Crippen LogP contribution is 2.42. The molecule has 6 nitrogen and oxygen atoms in total. The van der Waals surface area contributed by atoms with E-state index in [9.17, 15) is 14.7 Å². The maximum Gasteiger partial charge on any atom is 0.300 e. The lowest BCUT2D eigenvalue weighted by molar-refractivity contribution is -0.132. The van der Waals surface area contributed by atoms with Crippen LogP contribution in [0.2, 0.25) is 0 Å². The first-order chi connectivity index (χ1) is 15.5. The average molecular weight is 428 g/mol. The van der Waals surface area contributed by atoms with Crippen LogP contribution < -0.4 is 9.64 Å². The number of aryl methyl sites for hydroxylation is 1. The number of pyridine rings is 1. The second-order valence-electron chi connectivity index (χ2n) is 7.66. The number of benzene rings is 2. The maximum atomic E-state index is 13.1. The zero-order chi connectivity index (χ0) is 22.7. The molecule has 0 bridgehead atoms. The van der Waals surface area contributed by atoms with Crippen molar-refractivity contribution < 1.29 is 19.4 Å². The molecule has 1 saturated heterocycles. The van der Waals surface area contributed by atoms with Gasteiger partial charge in [0.05, 0.1) is 18.2 Å². The molecule has 1 aromatic heterocycles. The summed E-state index contributed by atoms with van der Waals surface area (Å²) < 4.78 is 5.59. The van der Waals surface area contributed by atoms with Crippen LogP contribution in [-0.4, -0.2) is 28.4 Å². The van der Waals surface area contributed by atoms with Crippen molar-refractivity contribution in [1.29, 1.82) is 0 Å². The highest BCUT2D eigenvalue weighted by molar-refractivity contribution is 6.51. The Morgan fingerprint density at radius 1 is 1.00 bits per heavy atom. The van der Waals surface area contributed by atoms with Gasteiger partial charge in [0.1, 0.15) is 11.5 Å². The van der Waals surface area contributed by atoms with Crippen LogP contribution in [0.25, 0.3) is 5.76 Å². The fourth-order valence-corrected chi connectivity index (χ4v) is 3.75. The molecule has 0 radical (unpaired) electrons. The Kier molecular flexibility index (Phi) is 6.03. The second-order valence-corrected chi connectivity index (χ2v) is 7.66. The molecule has 1 atom stereocenters. The van der Waals surface area contributed by atoms with Gasteiger partial charge in [-0.15, -0.1) is 0 Å². The van der Waals surface area contributed by atoms with Crippen LogP contribution in [-0.2, 0) is 9.59 Å². The smallest absolute Gasteiger partial charge is 0.300 e. The van der Waals surface area contributed by atoms with Crippen LogP contribution in [0, 0.1) is 6.92 Å². The molecule has 1 aliphatic heterocycles. The number of aliphatic hydroxyl groups is 1. The molecule has 162 valence electrons. The van der Waals surface area contributed by atoms with Crippen molar-refractivity contribution in [3.05, 3.63) is 95.3 Å². The minimum absolute atomic E-state index is 0.0454. The molecule has 1 fully saturated rings. The molecule has 2 heterocycles. The molecular formula is C26H24N2O4. The SMILES string of the molecule is CCCOc1ccc(/C(O)=C2/C(=O)C(=O)N(c3ccc(C)cc3)C2c2ccncc2)cc1.